The molecule has 2 aromatic rings. The second-order valence-corrected chi connectivity index (χ2v) is 7.65. The number of hydrogen-bond acceptors (Lipinski definition) is 7. The Balaban J connectivity index is 1.80. The van der Waals surface area contributed by atoms with Crippen LogP contribution in [0.1, 0.15) is 27.6 Å². The number of carbonyl (C=O) groups excluding carboxylic acids is 3. The molecule has 2 aromatic carbocycles. The number of hydrogen-bond donors (Lipinski definition) is 1. The second kappa shape index (κ2) is 9.14. The summed E-state index contributed by atoms with van der Waals surface area (Å²) in [6, 6.07) is 12.0. The third-order valence-corrected chi connectivity index (χ3v) is 4.10. The fourth-order valence-electron chi connectivity index (χ4n) is 2.14. The van der Waals surface area contributed by atoms with Crippen LogP contribution in [0, 0.1) is 0 Å². The van der Waals surface area contributed by atoms with Crippen LogP contribution in [-0.2, 0) is 19.6 Å². The molecule has 0 atom stereocenters. The van der Waals surface area contributed by atoms with Gasteiger partial charge in [-0.1, -0.05) is 0 Å². The van der Waals surface area contributed by atoms with Gasteiger partial charge in [-0.15, -0.1) is 0 Å². The number of nitrogens with one attached hydrogen (secondary N) is 1. The first-order valence-corrected chi connectivity index (χ1v) is 10.0. The molecule has 0 aromatic heterocycles. The number of sulfonamides is 1. The number of anilines is 1. The first kappa shape index (κ1) is 21.1. The van der Waals surface area contributed by atoms with Crippen molar-refractivity contribution in [1.82, 2.24) is 0 Å². The van der Waals surface area contributed by atoms with Crippen LogP contribution in [0.15, 0.2) is 48.5 Å². The molecule has 0 aliphatic carbocycles. The Morgan fingerprint density at radius 3 is 2.00 bits per heavy atom. The number of rotatable bonds is 9. The maximum Gasteiger partial charge on any atom is 0.344 e. The molecule has 0 aliphatic heterocycles. The van der Waals surface area contributed by atoms with Crippen LogP contribution in [0.25, 0.3) is 0 Å². The quantitative estimate of drug-likeness (QED) is 0.501. The molecule has 0 amide bonds. The number of ketones is 2. The summed E-state index contributed by atoms with van der Waals surface area (Å²) in [7, 11) is -3.40. The predicted octanol–water partition coefficient (Wildman–Crippen LogP) is 2.07. The molecule has 9 heteroatoms. The molecule has 148 valence electrons. The summed E-state index contributed by atoms with van der Waals surface area (Å²) in [5, 5.41) is 0. The van der Waals surface area contributed by atoms with Crippen molar-refractivity contribution in [2.75, 3.05) is 24.2 Å². The highest BCUT2D eigenvalue weighted by molar-refractivity contribution is 7.92. The summed E-state index contributed by atoms with van der Waals surface area (Å²) in [4.78, 5) is 34.9. The van der Waals surface area contributed by atoms with Crippen LogP contribution in [0.5, 0.6) is 5.75 Å². The SMILES string of the molecule is CC(=O)c1ccc(OCC(=O)OCC(=O)c2ccc(NS(C)(=O)=O)cc2)cc1. The summed E-state index contributed by atoms with van der Waals surface area (Å²) in [5.74, 6) is -0.851. The number of esters is 1. The summed E-state index contributed by atoms with van der Waals surface area (Å²) in [6.45, 7) is 0.591. The maximum atomic E-state index is 12.0. The lowest BCUT2D eigenvalue weighted by atomic mass is 10.1. The van der Waals surface area contributed by atoms with Crippen LogP contribution in [0.2, 0.25) is 0 Å². The molecule has 28 heavy (non-hydrogen) atoms. The lowest BCUT2D eigenvalue weighted by molar-refractivity contribution is -0.144. The van der Waals surface area contributed by atoms with E-state index in [0.29, 0.717) is 17.0 Å². The van der Waals surface area contributed by atoms with Gasteiger partial charge in [0.2, 0.25) is 10.0 Å². The molecule has 2 rings (SSSR count). The molecule has 0 unspecified atom stereocenters. The molecule has 8 nitrogen and oxygen atoms in total. The van der Waals surface area contributed by atoms with Gasteiger partial charge in [-0.05, 0) is 55.5 Å². The Morgan fingerprint density at radius 1 is 0.893 bits per heavy atom. The molecule has 0 radical (unpaired) electrons. The van der Waals surface area contributed by atoms with E-state index in [4.69, 9.17) is 9.47 Å². The van der Waals surface area contributed by atoms with E-state index in [1.54, 1.807) is 24.3 Å². The highest BCUT2D eigenvalue weighted by atomic mass is 32.2. The second-order valence-electron chi connectivity index (χ2n) is 5.90. The number of benzene rings is 2. The highest BCUT2D eigenvalue weighted by Crippen LogP contribution is 2.13. The fourth-order valence-corrected chi connectivity index (χ4v) is 2.70. The third kappa shape index (κ3) is 6.84. The summed E-state index contributed by atoms with van der Waals surface area (Å²) < 4.78 is 34.7. The van der Waals surface area contributed by atoms with E-state index in [1.807, 2.05) is 0 Å². The average molecular weight is 405 g/mol. The van der Waals surface area contributed by atoms with Gasteiger partial charge in [0, 0.05) is 16.8 Å². The summed E-state index contributed by atoms with van der Waals surface area (Å²) in [5.41, 5.74) is 1.12. The van der Waals surface area contributed by atoms with E-state index in [1.165, 1.54) is 31.2 Å². The van der Waals surface area contributed by atoms with Crippen molar-refractivity contribution < 1.29 is 32.3 Å². The predicted molar refractivity (Wildman–Crippen MR) is 102 cm³/mol. The van der Waals surface area contributed by atoms with Gasteiger partial charge >= 0.3 is 5.97 Å². The van der Waals surface area contributed by atoms with Gasteiger partial charge in [0.05, 0.1) is 6.26 Å². The molecule has 0 aliphatic rings. The van der Waals surface area contributed by atoms with Gasteiger partial charge in [-0.25, -0.2) is 13.2 Å². The molecule has 0 saturated heterocycles. The Kier molecular flexibility index (Phi) is 6.89. The highest BCUT2D eigenvalue weighted by Gasteiger charge is 2.11. The van der Waals surface area contributed by atoms with Crippen LogP contribution in [0.3, 0.4) is 0 Å². The number of ether oxygens (including phenoxy) is 2. The molecule has 0 heterocycles. The largest absolute Gasteiger partial charge is 0.482 e. The average Bonchev–Trinajstić information content (AvgIpc) is 2.64. The maximum absolute atomic E-state index is 12.0. The fraction of sp³-hybridized carbons (Fsp3) is 0.211. The van der Waals surface area contributed by atoms with E-state index in [9.17, 15) is 22.8 Å². The minimum Gasteiger partial charge on any atom is -0.482 e. The minimum absolute atomic E-state index is 0.0791. The lowest BCUT2D eigenvalue weighted by Crippen LogP contribution is -2.19. The molecular formula is C19H19NO7S. The number of Topliss-reactive ketones (excluding diaryl/α,β-unsaturated/α-hetero) is 2. The zero-order valence-electron chi connectivity index (χ0n) is 15.3. The van der Waals surface area contributed by atoms with Crippen LogP contribution in [0.4, 0.5) is 5.69 Å². The van der Waals surface area contributed by atoms with E-state index < -0.39 is 28.4 Å². The van der Waals surface area contributed by atoms with E-state index >= 15 is 0 Å². The zero-order valence-corrected chi connectivity index (χ0v) is 16.1. The van der Waals surface area contributed by atoms with Gasteiger partial charge in [0.15, 0.2) is 24.8 Å². The van der Waals surface area contributed by atoms with Crippen molar-refractivity contribution in [2.45, 2.75) is 6.92 Å². The molecule has 0 fully saturated rings. The molecule has 0 saturated carbocycles. The van der Waals surface area contributed by atoms with Crippen molar-refractivity contribution >= 4 is 33.2 Å². The standard InChI is InChI=1S/C19H19NO7S/c1-13(21)14-5-9-17(10-6-14)26-12-19(23)27-11-18(22)15-3-7-16(8-4-15)20-28(2,24)25/h3-10,20H,11-12H2,1-2H3. The van der Waals surface area contributed by atoms with Gasteiger partial charge in [0.25, 0.3) is 0 Å². The van der Waals surface area contributed by atoms with Gasteiger partial charge in [-0.2, -0.15) is 0 Å². The van der Waals surface area contributed by atoms with Crippen LogP contribution in [-0.4, -0.2) is 45.4 Å². The van der Waals surface area contributed by atoms with Crippen molar-refractivity contribution in [1.29, 1.82) is 0 Å². The Bertz CT molecular complexity index is 964. The normalized spacial score (nSPS) is 10.8. The van der Waals surface area contributed by atoms with Crippen LogP contribution < -0.4 is 9.46 Å². The first-order valence-electron chi connectivity index (χ1n) is 8.14. The van der Waals surface area contributed by atoms with E-state index in [-0.39, 0.29) is 18.0 Å². The first-order chi connectivity index (χ1) is 13.1. The molecular weight excluding hydrogens is 386 g/mol. The van der Waals surface area contributed by atoms with E-state index in [0.717, 1.165) is 6.26 Å². The molecule has 0 bridgehead atoms. The smallest absolute Gasteiger partial charge is 0.344 e. The van der Waals surface area contributed by atoms with E-state index in [2.05, 4.69) is 4.72 Å². The monoisotopic (exact) mass is 405 g/mol. The lowest BCUT2D eigenvalue weighted by Gasteiger charge is -2.08. The molecule has 0 spiro atoms. The minimum atomic E-state index is -3.40. The summed E-state index contributed by atoms with van der Waals surface area (Å²) >= 11 is 0. The van der Waals surface area contributed by atoms with Gasteiger partial charge in [0.1, 0.15) is 5.75 Å². The summed E-state index contributed by atoms with van der Waals surface area (Å²) in [6.07, 6.45) is 1.02. The van der Waals surface area contributed by atoms with Gasteiger partial charge < -0.3 is 9.47 Å². The number of carbonyl (C=O) groups is 3. The Labute approximate surface area is 162 Å². The van der Waals surface area contributed by atoms with Gasteiger partial charge in [-0.3, -0.25) is 14.3 Å². The van der Waals surface area contributed by atoms with Crippen molar-refractivity contribution in [3.8, 4) is 5.75 Å². The Hall–Kier alpha value is -3.20. The molecule has 1 N–H and O–H groups in total. The van der Waals surface area contributed by atoms with Crippen molar-refractivity contribution in [3.63, 3.8) is 0 Å². The zero-order chi connectivity index (χ0) is 20.7. The van der Waals surface area contributed by atoms with Crippen molar-refractivity contribution in [2.24, 2.45) is 0 Å². The van der Waals surface area contributed by atoms with Crippen LogP contribution >= 0.6 is 0 Å². The third-order valence-electron chi connectivity index (χ3n) is 3.49. The Morgan fingerprint density at radius 2 is 1.46 bits per heavy atom. The topological polar surface area (TPSA) is 116 Å². The van der Waals surface area contributed by atoms with Crippen molar-refractivity contribution in [3.05, 3.63) is 59.7 Å².